The molecule has 0 bridgehead atoms. The fourth-order valence-corrected chi connectivity index (χ4v) is 6.00. The standard InChI is InChI=1S/C28H31ClFN5O2/c1-15(25-24(37-4)10-9-23(30)26(25)29)21-13-33-27-20(21)11-18(12-32-27)22-14-34-35(16(22)2)19-7-5-17(6-8-19)28(36)31-3/h9-15,17,19H,5-8H2,1-4H3,(H,31,36)(H,32,33)/t15-,17?,19?/m0/s1. The fraction of sp³-hybridized carbons (Fsp3) is 0.393. The molecule has 1 aromatic carbocycles. The maximum absolute atomic E-state index is 14.3. The van der Waals surface area contributed by atoms with E-state index in [-0.39, 0.29) is 28.8 Å². The van der Waals surface area contributed by atoms with Gasteiger partial charge in [0.1, 0.15) is 17.2 Å². The molecule has 0 saturated heterocycles. The SMILES string of the molecule is CNC(=O)C1CCC(n2ncc(-c3cnc4[nH]cc([C@H](C)c5c(OC)ccc(F)c5Cl)c4c3)c2C)CC1. The lowest BCUT2D eigenvalue weighted by atomic mass is 9.85. The van der Waals surface area contributed by atoms with Crippen molar-refractivity contribution < 1.29 is 13.9 Å². The molecule has 0 aliphatic heterocycles. The van der Waals surface area contributed by atoms with Crippen LogP contribution in [-0.2, 0) is 4.79 Å². The Bertz CT molecular complexity index is 1450. The van der Waals surface area contributed by atoms with E-state index >= 15 is 0 Å². The van der Waals surface area contributed by atoms with Gasteiger partial charge in [-0.05, 0) is 56.4 Å². The summed E-state index contributed by atoms with van der Waals surface area (Å²) in [5, 5.41) is 8.50. The summed E-state index contributed by atoms with van der Waals surface area (Å²) in [6.07, 6.45) is 9.21. The fourth-order valence-electron chi connectivity index (χ4n) is 5.68. The topological polar surface area (TPSA) is 84.8 Å². The summed E-state index contributed by atoms with van der Waals surface area (Å²) >= 11 is 6.39. The molecule has 37 heavy (non-hydrogen) atoms. The zero-order chi connectivity index (χ0) is 26.3. The van der Waals surface area contributed by atoms with Crippen LogP contribution in [0.5, 0.6) is 5.75 Å². The number of amides is 1. The second kappa shape index (κ2) is 10.2. The van der Waals surface area contributed by atoms with Crippen molar-refractivity contribution in [1.29, 1.82) is 0 Å². The van der Waals surface area contributed by atoms with Gasteiger partial charge in [-0.1, -0.05) is 18.5 Å². The molecule has 4 aromatic rings. The number of carbonyl (C=O) groups is 1. The molecule has 1 fully saturated rings. The number of hydrogen-bond donors (Lipinski definition) is 2. The van der Waals surface area contributed by atoms with Crippen LogP contribution in [-0.4, -0.2) is 39.8 Å². The summed E-state index contributed by atoms with van der Waals surface area (Å²) in [6.45, 7) is 4.06. The maximum atomic E-state index is 14.3. The van der Waals surface area contributed by atoms with Crippen LogP contribution in [0, 0.1) is 18.7 Å². The number of rotatable bonds is 6. The molecule has 1 amide bonds. The number of carbonyl (C=O) groups excluding carboxylic acids is 1. The van der Waals surface area contributed by atoms with Crippen LogP contribution in [0.15, 0.2) is 36.8 Å². The van der Waals surface area contributed by atoms with E-state index in [0.29, 0.717) is 11.3 Å². The molecule has 7 nitrogen and oxygen atoms in total. The molecule has 1 atom stereocenters. The van der Waals surface area contributed by atoms with Gasteiger partial charge in [-0.25, -0.2) is 9.37 Å². The smallest absolute Gasteiger partial charge is 0.222 e. The van der Waals surface area contributed by atoms with Crippen molar-refractivity contribution in [2.45, 2.75) is 51.5 Å². The number of H-pyrrole nitrogens is 1. The first-order valence-corrected chi connectivity index (χ1v) is 13.0. The molecule has 2 N–H and O–H groups in total. The Kier molecular flexibility index (Phi) is 6.94. The molecule has 0 unspecified atom stereocenters. The van der Waals surface area contributed by atoms with Crippen molar-refractivity contribution >= 4 is 28.5 Å². The van der Waals surface area contributed by atoms with E-state index in [2.05, 4.69) is 33.0 Å². The Labute approximate surface area is 220 Å². The monoisotopic (exact) mass is 523 g/mol. The average molecular weight is 524 g/mol. The van der Waals surface area contributed by atoms with Crippen LogP contribution in [0.3, 0.4) is 0 Å². The summed E-state index contributed by atoms with van der Waals surface area (Å²) in [7, 11) is 3.25. The van der Waals surface area contributed by atoms with Gasteiger partial charge in [0.2, 0.25) is 5.91 Å². The number of nitrogens with one attached hydrogen (secondary N) is 2. The van der Waals surface area contributed by atoms with Gasteiger partial charge in [-0.2, -0.15) is 5.10 Å². The number of pyridine rings is 1. The van der Waals surface area contributed by atoms with Crippen LogP contribution in [0.25, 0.3) is 22.2 Å². The number of aromatic amines is 1. The van der Waals surface area contributed by atoms with Crippen LogP contribution in [0.4, 0.5) is 4.39 Å². The Morgan fingerprint density at radius 2 is 2.03 bits per heavy atom. The second-order valence-corrected chi connectivity index (χ2v) is 10.1. The first-order chi connectivity index (χ1) is 17.8. The van der Waals surface area contributed by atoms with Gasteiger partial charge in [0.15, 0.2) is 0 Å². The number of nitrogens with zero attached hydrogens (tertiary/aromatic N) is 3. The van der Waals surface area contributed by atoms with Gasteiger partial charge in [0.25, 0.3) is 0 Å². The lowest BCUT2D eigenvalue weighted by Gasteiger charge is -2.28. The lowest BCUT2D eigenvalue weighted by molar-refractivity contribution is -0.125. The number of fused-ring (bicyclic) bond motifs is 1. The van der Waals surface area contributed by atoms with E-state index in [1.807, 2.05) is 25.5 Å². The van der Waals surface area contributed by atoms with Crippen molar-refractivity contribution in [3.63, 3.8) is 0 Å². The Morgan fingerprint density at radius 3 is 2.73 bits per heavy atom. The quantitative estimate of drug-likeness (QED) is 0.317. The van der Waals surface area contributed by atoms with E-state index in [9.17, 15) is 9.18 Å². The highest BCUT2D eigenvalue weighted by molar-refractivity contribution is 6.31. The molecule has 194 valence electrons. The number of ether oxygens (including phenoxy) is 1. The Hall–Kier alpha value is -3.39. The van der Waals surface area contributed by atoms with Gasteiger partial charge in [0.05, 0.1) is 24.4 Å². The van der Waals surface area contributed by atoms with Crippen molar-refractivity contribution in [3.05, 3.63) is 64.5 Å². The predicted octanol–water partition coefficient (Wildman–Crippen LogP) is 6.17. The highest BCUT2D eigenvalue weighted by Gasteiger charge is 2.28. The van der Waals surface area contributed by atoms with Crippen molar-refractivity contribution in [3.8, 4) is 16.9 Å². The molecule has 3 heterocycles. The normalized spacial score (nSPS) is 18.6. The van der Waals surface area contributed by atoms with Gasteiger partial charge < -0.3 is 15.0 Å². The van der Waals surface area contributed by atoms with Crippen molar-refractivity contribution in [2.75, 3.05) is 14.2 Å². The average Bonchev–Trinajstić information content (AvgIpc) is 3.52. The second-order valence-electron chi connectivity index (χ2n) is 9.77. The molecule has 0 radical (unpaired) electrons. The Morgan fingerprint density at radius 1 is 1.27 bits per heavy atom. The first-order valence-electron chi connectivity index (χ1n) is 12.6. The van der Waals surface area contributed by atoms with E-state index in [1.165, 1.54) is 6.07 Å². The molecular weight excluding hydrogens is 493 g/mol. The van der Waals surface area contributed by atoms with Crippen molar-refractivity contribution in [2.24, 2.45) is 5.92 Å². The van der Waals surface area contributed by atoms with Crippen LogP contribution >= 0.6 is 11.6 Å². The number of hydrogen-bond acceptors (Lipinski definition) is 4. The molecule has 1 saturated carbocycles. The number of methoxy groups -OCH3 is 1. The lowest BCUT2D eigenvalue weighted by Crippen LogP contribution is -2.31. The molecule has 3 aromatic heterocycles. The number of benzene rings is 1. The molecular formula is C28H31ClFN5O2. The van der Waals surface area contributed by atoms with E-state index in [4.69, 9.17) is 21.4 Å². The third kappa shape index (κ3) is 4.48. The van der Waals surface area contributed by atoms with E-state index in [1.54, 1.807) is 20.2 Å². The van der Waals surface area contributed by atoms with Gasteiger partial charge >= 0.3 is 0 Å². The van der Waals surface area contributed by atoms with Crippen LogP contribution in [0.2, 0.25) is 5.02 Å². The first kappa shape index (κ1) is 25.3. The summed E-state index contributed by atoms with van der Waals surface area (Å²) in [4.78, 5) is 19.9. The van der Waals surface area contributed by atoms with Crippen molar-refractivity contribution in [1.82, 2.24) is 25.1 Å². The molecule has 1 aliphatic rings. The number of halogens is 2. The third-order valence-corrected chi connectivity index (χ3v) is 8.17. The molecule has 1 aliphatic carbocycles. The van der Waals surface area contributed by atoms with E-state index in [0.717, 1.165) is 59.1 Å². The minimum Gasteiger partial charge on any atom is -0.496 e. The maximum Gasteiger partial charge on any atom is 0.222 e. The highest BCUT2D eigenvalue weighted by atomic mass is 35.5. The minimum atomic E-state index is -0.477. The predicted molar refractivity (Wildman–Crippen MR) is 143 cm³/mol. The number of aromatic nitrogens is 4. The highest BCUT2D eigenvalue weighted by Crippen LogP contribution is 2.41. The summed E-state index contributed by atoms with van der Waals surface area (Å²) in [6, 6.07) is 5.29. The van der Waals surface area contributed by atoms with Gasteiger partial charge in [-0.15, -0.1) is 0 Å². The van der Waals surface area contributed by atoms with Crippen LogP contribution < -0.4 is 10.1 Å². The van der Waals surface area contributed by atoms with Gasteiger partial charge in [-0.3, -0.25) is 9.48 Å². The van der Waals surface area contributed by atoms with E-state index < -0.39 is 5.82 Å². The molecule has 5 rings (SSSR count). The van der Waals surface area contributed by atoms with Gasteiger partial charge in [0, 0.05) is 59.0 Å². The zero-order valence-electron chi connectivity index (χ0n) is 21.4. The zero-order valence-corrected chi connectivity index (χ0v) is 22.2. The largest absolute Gasteiger partial charge is 0.496 e. The third-order valence-electron chi connectivity index (χ3n) is 7.79. The summed E-state index contributed by atoms with van der Waals surface area (Å²) < 4.78 is 21.9. The summed E-state index contributed by atoms with van der Waals surface area (Å²) in [5.74, 6) is 0.0473. The summed E-state index contributed by atoms with van der Waals surface area (Å²) in [5.41, 5.74) is 5.35. The molecule has 0 spiro atoms. The minimum absolute atomic E-state index is 0.0635. The van der Waals surface area contributed by atoms with Crippen LogP contribution in [0.1, 0.15) is 61.4 Å². The Balaban J connectivity index is 1.47. The molecule has 9 heteroatoms.